The Labute approximate surface area is 80.8 Å². The maximum Gasteiger partial charge on any atom is 0.0581 e. The van der Waals surface area contributed by atoms with E-state index < -0.39 is 0 Å². The van der Waals surface area contributed by atoms with Gasteiger partial charge in [0.25, 0.3) is 0 Å². The third-order valence-electron chi connectivity index (χ3n) is 3.78. The second-order valence-electron chi connectivity index (χ2n) is 4.75. The van der Waals surface area contributed by atoms with Crippen LogP contribution in [-0.2, 0) is 4.74 Å². The van der Waals surface area contributed by atoms with Crippen LogP contribution >= 0.6 is 0 Å². The normalized spacial score (nSPS) is 32.5. The average molecular weight is 183 g/mol. The molecule has 2 heteroatoms. The molecule has 2 fully saturated rings. The lowest BCUT2D eigenvalue weighted by atomic mass is 9.80. The summed E-state index contributed by atoms with van der Waals surface area (Å²) in [6.07, 6.45) is 9.71. The van der Waals surface area contributed by atoms with E-state index in [4.69, 9.17) is 10.5 Å². The van der Waals surface area contributed by atoms with Crippen LogP contribution in [0.25, 0.3) is 0 Å². The topological polar surface area (TPSA) is 35.2 Å². The number of nitrogens with two attached hydrogens (primary N) is 1. The Morgan fingerprint density at radius 3 is 2.54 bits per heavy atom. The smallest absolute Gasteiger partial charge is 0.0581 e. The quantitative estimate of drug-likeness (QED) is 0.727. The molecule has 1 saturated heterocycles. The lowest BCUT2D eigenvalue weighted by molar-refractivity contribution is 0.0647. The van der Waals surface area contributed by atoms with Crippen LogP contribution in [0.4, 0.5) is 0 Å². The van der Waals surface area contributed by atoms with Crippen molar-refractivity contribution in [1.29, 1.82) is 0 Å². The monoisotopic (exact) mass is 183 g/mol. The van der Waals surface area contributed by atoms with E-state index in [-0.39, 0.29) is 0 Å². The van der Waals surface area contributed by atoms with Crippen LogP contribution in [0.15, 0.2) is 0 Å². The van der Waals surface area contributed by atoms with E-state index >= 15 is 0 Å². The van der Waals surface area contributed by atoms with Crippen molar-refractivity contribution in [3.63, 3.8) is 0 Å². The van der Waals surface area contributed by atoms with Crippen molar-refractivity contribution in [2.75, 3.05) is 13.2 Å². The molecule has 1 unspecified atom stereocenters. The number of hydrogen-bond donors (Lipinski definition) is 1. The molecule has 0 radical (unpaired) electrons. The summed E-state index contributed by atoms with van der Waals surface area (Å²) in [4.78, 5) is 0. The lowest BCUT2D eigenvalue weighted by Crippen LogP contribution is -2.31. The molecule has 0 amide bonds. The zero-order valence-electron chi connectivity index (χ0n) is 8.43. The van der Waals surface area contributed by atoms with Gasteiger partial charge in [-0.3, -0.25) is 0 Å². The Morgan fingerprint density at radius 2 is 2.00 bits per heavy atom. The van der Waals surface area contributed by atoms with Crippen LogP contribution in [0.2, 0.25) is 0 Å². The molecule has 0 aromatic rings. The Hall–Kier alpha value is -0.0800. The van der Waals surface area contributed by atoms with Crippen molar-refractivity contribution in [2.45, 2.75) is 51.0 Å². The maximum absolute atomic E-state index is 5.89. The minimum absolute atomic E-state index is 0.453. The summed E-state index contributed by atoms with van der Waals surface area (Å²) in [5.74, 6) is 0. The molecule has 2 N–H and O–H groups in total. The molecule has 1 heterocycles. The van der Waals surface area contributed by atoms with Crippen LogP contribution < -0.4 is 5.73 Å². The molecular weight excluding hydrogens is 162 g/mol. The number of hydrogen-bond acceptors (Lipinski definition) is 2. The molecule has 1 aliphatic carbocycles. The third kappa shape index (κ3) is 2.05. The molecule has 2 nitrogen and oxygen atoms in total. The molecule has 0 aromatic carbocycles. The van der Waals surface area contributed by atoms with Crippen molar-refractivity contribution < 1.29 is 4.74 Å². The first-order valence-electron chi connectivity index (χ1n) is 5.66. The van der Waals surface area contributed by atoms with Crippen LogP contribution in [0.1, 0.15) is 44.9 Å². The van der Waals surface area contributed by atoms with Gasteiger partial charge in [0.1, 0.15) is 0 Å². The van der Waals surface area contributed by atoms with Crippen molar-refractivity contribution in [3.05, 3.63) is 0 Å². The van der Waals surface area contributed by atoms with Crippen LogP contribution in [-0.4, -0.2) is 19.3 Å². The van der Waals surface area contributed by atoms with Crippen molar-refractivity contribution in [3.8, 4) is 0 Å². The van der Waals surface area contributed by atoms with E-state index in [9.17, 15) is 0 Å². The van der Waals surface area contributed by atoms with Gasteiger partial charge >= 0.3 is 0 Å². The summed E-state index contributed by atoms with van der Waals surface area (Å²) in [5, 5.41) is 0. The zero-order chi connectivity index (χ0) is 9.15. The van der Waals surface area contributed by atoms with Gasteiger partial charge in [0.15, 0.2) is 0 Å². The minimum atomic E-state index is 0.453. The van der Waals surface area contributed by atoms with E-state index in [0.29, 0.717) is 11.5 Å². The van der Waals surface area contributed by atoms with E-state index in [1.807, 2.05) is 0 Å². The van der Waals surface area contributed by atoms with E-state index in [0.717, 1.165) is 13.2 Å². The van der Waals surface area contributed by atoms with Crippen LogP contribution in [0.5, 0.6) is 0 Å². The Kier molecular flexibility index (Phi) is 2.89. The SMILES string of the molecule is NCC1(CC2CCCO2)CCCC1. The van der Waals surface area contributed by atoms with Crippen LogP contribution in [0.3, 0.4) is 0 Å². The molecule has 0 aromatic heterocycles. The van der Waals surface area contributed by atoms with E-state index in [2.05, 4.69) is 0 Å². The molecule has 1 saturated carbocycles. The predicted molar refractivity (Wildman–Crippen MR) is 53.5 cm³/mol. The first-order chi connectivity index (χ1) is 6.35. The van der Waals surface area contributed by atoms with E-state index in [1.165, 1.54) is 44.9 Å². The highest BCUT2D eigenvalue weighted by atomic mass is 16.5. The second-order valence-corrected chi connectivity index (χ2v) is 4.75. The predicted octanol–water partition coefficient (Wildman–Crippen LogP) is 2.07. The zero-order valence-corrected chi connectivity index (χ0v) is 8.43. The molecule has 1 atom stereocenters. The van der Waals surface area contributed by atoms with Gasteiger partial charge in [-0.25, -0.2) is 0 Å². The van der Waals surface area contributed by atoms with Gasteiger partial charge in [0, 0.05) is 6.61 Å². The molecular formula is C11H21NO. The lowest BCUT2D eigenvalue weighted by Gasteiger charge is -2.29. The fourth-order valence-electron chi connectivity index (χ4n) is 2.90. The van der Waals surface area contributed by atoms with E-state index in [1.54, 1.807) is 0 Å². The van der Waals surface area contributed by atoms with Crippen LogP contribution in [0, 0.1) is 5.41 Å². The molecule has 1 aliphatic heterocycles. The van der Waals surface area contributed by atoms with Crippen molar-refractivity contribution in [1.82, 2.24) is 0 Å². The van der Waals surface area contributed by atoms with Gasteiger partial charge in [-0.15, -0.1) is 0 Å². The Morgan fingerprint density at radius 1 is 1.23 bits per heavy atom. The second kappa shape index (κ2) is 3.97. The van der Waals surface area contributed by atoms with Gasteiger partial charge in [0.05, 0.1) is 6.10 Å². The molecule has 2 rings (SSSR count). The summed E-state index contributed by atoms with van der Waals surface area (Å²) in [5.41, 5.74) is 6.34. The van der Waals surface area contributed by atoms with Gasteiger partial charge in [0.2, 0.25) is 0 Å². The van der Waals surface area contributed by atoms with Crippen molar-refractivity contribution >= 4 is 0 Å². The minimum Gasteiger partial charge on any atom is -0.378 e. The molecule has 0 bridgehead atoms. The molecule has 13 heavy (non-hydrogen) atoms. The largest absolute Gasteiger partial charge is 0.378 e. The van der Waals surface area contributed by atoms with Gasteiger partial charge in [-0.1, -0.05) is 12.8 Å². The number of rotatable bonds is 3. The maximum atomic E-state index is 5.89. The highest BCUT2D eigenvalue weighted by molar-refractivity contribution is 4.88. The molecule has 2 aliphatic rings. The summed E-state index contributed by atoms with van der Waals surface area (Å²) in [6.45, 7) is 1.85. The Bertz CT molecular complexity index is 157. The molecule has 76 valence electrons. The van der Waals surface area contributed by atoms with Gasteiger partial charge < -0.3 is 10.5 Å². The fraction of sp³-hybridized carbons (Fsp3) is 1.00. The van der Waals surface area contributed by atoms with Crippen molar-refractivity contribution in [2.24, 2.45) is 11.1 Å². The standard InChI is InChI=1S/C11H21NO/c12-9-11(5-1-2-6-11)8-10-4-3-7-13-10/h10H,1-9,12H2. The van der Waals surface area contributed by atoms with Gasteiger partial charge in [-0.2, -0.15) is 0 Å². The third-order valence-corrected chi connectivity index (χ3v) is 3.78. The number of ether oxygens (including phenoxy) is 1. The summed E-state index contributed by atoms with van der Waals surface area (Å²) >= 11 is 0. The first-order valence-corrected chi connectivity index (χ1v) is 5.66. The fourth-order valence-corrected chi connectivity index (χ4v) is 2.90. The molecule has 0 spiro atoms. The highest BCUT2D eigenvalue weighted by Crippen LogP contribution is 2.42. The summed E-state index contributed by atoms with van der Waals surface area (Å²) in [7, 11) is 0. The average Bonchev–Trinajstić information content (AvgIpc) is 2.77. The highest BCUT2D eigenvalue weighted by Gasteiger charge is 2.35. The summed E-state index contributed by atoms with van der Waals surface area (Å²) < 4.78 is 5.69. The van der Waals surface area contributed by atoms with Gasteiger partial charge in [-0.05, 0) is 44.1 Å². The summed E-state index contributed by atoms with van der Waals surface area (Å²) in [6, 6.07) is 0. The first kappa shape index (κ1) is 9.47. The Balaban J connectivity index is 1.88.